The minimum atomic E-state index is -0.187. The van der Waals surface area contributed by atoms with E-state index in [0.717, 1.165) is 36.3 Å². The maximum atomic E-state index is 12.5. The molecule has 0 radical (unpaired) electrons. The molecule has 6 heteroatoms. The van der Waals surface area contributed by atoms with Crippen molar-refractivity contribution in [1.82, 2.24) is 9.97 Å². The maximum absolute atomic E-state index is 12.5. The number of benzene rings is 1. The highest BCUT2D eigenvalue weighted by Crippen LogP contribution is 2.22. The van der Waals surface area contributed by atoms with Gasteiger partial charge in [0.05, 0.1) is 18.8 Å². The average Bonchev–Trinajstić information content (AvgIpc) is 2.64. The first-order valence-electron chi connectivity index (χ1n) is 8.23. The molecule has 2 heterocycles. The number of carbonyl (C=O) groups is 1. The summed E-state index contributed by atoms with van der Waals surface area (Å²) in [6, 6.07) is 6.03. The molecule has 0 aliphatic carbocycles. The van der Waals surface area contributed by atoms with Crippen LogP contribution in [-0.4, -0.2) is 42.2 Å². The lowest BCUT2D eigenvalue weighted by Gasteiger charge is -2.26. The summed E-state index contributed by atoms with van der Waals surface area (Å²) in [7, 11) is 0. The van der Waals surface area contributed by atoms with Gasteiger partial charge in [0.25, 0.3) is 5.91 Å². The zero-order chi connectivity index (χ0) is 16.9. The van der Waals surface area contributed by atoms with E-state index in [2.05, 4.69) is 27.1 Å². The lowest BCUT2D eigenvalue weighted by atomic mass is 10.1. The Labute approximate surface area is 141 Å². The van der Waals surface area contributed by atoms with Crippen molar-refractivity contribution in [3.8, 4) is 0 Å². The number of morpholine rings is 1. The highest BCUT2D eigenvalue weighted by molar-refractivity contribution is 6.04. The van der Waals surface area contributed by atoms with Gasteiger partial charge in [0.2, 0.25) is 5.95 Å². The van der Waals surface area contributed by atoms with Gasteiger partial charge in [0.1, 0.15) is 0 Å². The van der Waals surface area contributed by atoms with Gasteiger partial charge in [0, 0.05) is 31.2 Å². The zero-order valence-electron chi connectivity index (χ0n) is 14.1. The number of para-hydroxylation sites is 1. The standard InChI is InChI=1S/C18H22N4O2/c1-3-14-6-4-5-13(2)16(14)21-17(23)15-11-19-18(20-12-15)22-7-9-24-10-8-22/h4-6,11-12H,3,7-10H2,1-2H3,(H,21,23). The van der Waals surface area contributed by atoms with Gasteiger partial charge in [-0.2, -0.15) is 0 Å². The Bertz CT molecular complexity index is 709. The van der Waals surface area contributed by atoms with Crippen LogP contribution in [0.1, 0.15) is 28.4 Å². The highest BCUT2D eigenvalue weighted by Gasteiger charge is 2.15. The zero-order valence-corrected chi connectivity index (χ0v) is 14.1. The first-order valence-corrected chi connectivity index (χ1v) is 8.23. The fourth-order valence-electron chi connectivity index (χ4n) is 2.75. The van der Waals surface area contributed by atoms with Crippen LogP contribution in [0.3, 0.4) is 0 Å². The molecule has 1 fully saturated rings. The van der Waals surface area contributed by atoms with Crippen LogP contribution in [0, 0.1) is 6.92 Å². The number of nitrogens with zero attached hydrogens (tertiary/aromatic N) is 3. The van der Waals surface area contributed by atoms with E-state index in [4.69, 9.17) is 4.74 Å². The Morgan fingerprint density at radius 1 is 1.25 bits per heavy atom. The van der Waals surface area contributed by atoms with Gasteiger partial charge in [-0.05, 0) is 24.5 Å². The van der Waals surface area contributed by atoms with Gasteiger partial charge >= 0.3 is 0 Å². The summed E-state index contributed by atoms with van der Waals surface area (Å²) >= 11 is 0. The minimum absolute atomic E-state index is 0.187. The number of ether oxygens (including phenoxy) is 1. The van der Waals surface area contributed by atoms with Gasteiger partial charge in [-0.1, -0.05) is 25.1 Å². The fourth-order valence-corrected chi connectivity index (χ4v) is 2.75. The predicted octanol–water partition coefficient (Wildman–Crippen LogP) is 2.44. The SMILES string of the molecule is CCc1cccc(C)c1NC(=O)c1cnc(N2CCOCC2)nc1. The van der Waals surface area contributed by atoms with Crippen LogP contribution in [0.25, 0.3) is 0 Å². The summed E-state index contributed by atoms with van der Waals surface area (Å²) < 4.78 is 5.32. The molecule has 0 atom stereocenters. The third-order valence-corrected chi connectivity index (χ3v) is 4.17. The second kappa shape index (κ2) is 7.40. The largest absolute Gasteiger partial charge is 0.378 e. The van der Waals surface area contributed by atoms with Crippen LogP contribution in [0.4, 0.5) is 11.6 Å². The Morgan fingerprint density at radius 3 is 2.62 bits per heavy atom. The van der Waals surface area contributed by atoms with Crippen molar-refractivity contribution in [1.29, 1.82) is 0 Å². The Hall–Kier alpha value is -2.47. The lowest BCUT2D eigenvalue weighted by Crippen LogP contribution is -2.37. The first-order chi connectivity index (χ1) is 11.7. The second-order valence-electron chi connectivity index (χ2n) is 5.79. The Morgan fingerprint density at radius 2 is 1.96 bits per heavy atom. The maximum Gasteiger partial charge on any atom is 0.258 e. The van der Waals surface area contributed by atoms with Crippen molar-refractivity contribution in [3.63, 3.8) is 0 Å². The molecule has 126 valence electrons. The molecule has 2 aromatic rings. The molecule has 1 N–H and O–H groups in total. The average molecular weight is 326 g/mol. The van der Waals surface area contributed by atoms with Gasteiger partial charge in [-0.25, -0.2) is 9.97 Å². The number of aromatic nitrogens is 2. The van der Waals surface area contributed by atoms with E-state index in [9.17, 15) is 4.79 Å². The normalized spacial score (nSPS) is 14.5. The molecule has 0 bridgehead atoms. The quantitative estimate of drug-likeness (QED) is 0.935. The van der Waals surface area contributed by atoms with E-state index in [1.165, 1.54) is 0 Å². The molecule has 1 amide bonds. The number of aryl methyl sites for hydroxylation is 2. The summed E-state index contributed by atoms with van der Waals surface area (Å²) in [6.07, 6.45) is 4.03. The van der Waals surface area contributed by atoms with E-state index in [1.54, 1.807) is 12.4 Å². The van der Waals surface area contributed by atoms with Crippen molar-refractivity contribution in [2.45, 2.75) is 20.3 Å². The number of carbonyl (C=O) groups excluding carboxylic acids is 1. The number of amides is 1. The lowest BCUT2D eigenvalue weighted by molar-refractivity contribution is 0.102. The summed E-state index contributed by atoms with van der Waals surface area (Å²) in [5, 5.41) is 2.99. The third kappa shape index (κ3) is 3.54. The third-order valence-electron chi connectivity index (χ3n) is 4.17. The number of nitrogens with one attached hydrogen (secondary N) is 1. The molecular formula is C18H22N4O2. The number of hydrogen-bond acceptors (Lipinski definition) is 5. The monoisotopic (exact) mass is 326 g/mol. The molecule has 0 unspecified atom stereocenters. The van der Waals surface area contributed by atoms with Crippen LogP contribution in [0.2, 0.25) is 0 Å². The van der Waals surface area contributed by atoms with Crippen molar-refractivity contribution >= 4 is 17.5 Å². The fraction of sp³-hybridized carbons (Fsp3) is 0.389. The van der Waals surface area contributed by atoms with Crippen molar-refractivity contribution in [3.05, 3.63) is 47.3 Å². The van der Waals surface area contributed by atoms with E-state index in [1.807, 2.05) is 25.1 Å². The van der Waals surface area contributed by atoms with Crippen LogP contribution >= 0.6 is 0 Å². The van der Waals surface area contributed by atoms with Crippen LogP contribution in [0.5, 0.6) is 0 Å². The van der Waals surface area contributed by atoms with E-state index >= 15 is 0 Å². The number of hydrogen-bond donors (Lipinski definition) is 1. The van der Waals surface area contributed by atoms with Crippen LogP contribution in [-0.2, 0) is 11.2 Å². The second-order valence-corrected chi connectivity index (χ2v) is 5.79. The first kappa shape index (κ1) is 16.4. The molecule has 1 aliphatic rings. The summed E-state index contributed by atoms with van der Waals surface area (Å²) in [5.41, 5.74) is 3.50. The minimum Gasteiger partial charge on any atom is -0.378 e. The molecule has 1 aromatic heterocycles. The van der Waals surface area contributed by atoms with E-state index in [-0.39, 0.29) is 5.91 Å². The smallest absolute Gasteiger partial charge is 0.258 e. The molecule has 1 aliphatic heterocycles. The molecule has 0 saturated carbocycles. The number of rotatable bonds is 4. The molecule has 24 heavy (non-hydrogen) atoms. The van der Waals surface area contributed by atoms with E-state index < -0.39 is 0 Å². The molecule has 1 aromatic carbocycles. The molecular weight excluding hydrogens is 304 g/mol. The van der Waals surface area contributed by atoms with Gasteiger partial charge in [-0.3, -0.25) is 4.79 Å². The molecule has 0 spiro atoms. The number of anilines is 2. The van der Waals surface area contributed by atoms with Gasteiger partial charge in [0.15, 0.2) is 0 Å². The molecule has 6 nitrogen and oxygen atoms in total. The van der Waals surface area contributed by atoms with Gasteiger partial charge < -0.3 is 15.0 Å². The highest BCUT2D eigenvalue weighted by atomic mass is 16.5. The van der Waals surface area contributed by atoms with Gasteiger partial charge in [-0.15, -0.1) is 0 Å². The summed E-state index contributed by atoms with van der Waals surface area (Å²) in [4.78, 5) is 23.2. The van der Waals surface area contributed by atoms with Crippen molar-refractivity contribution < 1.29 is 9.53 Å². The van der Waals surface area contributed by atoms with Crippen LogP contribution < -0.4 is 10.2 Å². The molecule has 3 rings (SSSR count). The van der Waals surface area contributed by atoms with Crippen molar-refractivity contribution in [2.24, 2.45) is 0 Å². The summed E-state index contributed by atoms with van der Waals surface area (Å²) in [5.74, 6) is 0.451. The Kier molecular flexibility index (Phi) is 5.05. The predicted molar refractivity (Wildman–Crippen MR) is 93.6 cm³/mol. The van der Waals surface area contributed by atoms with E-state index in [0.29, 0.717) is 24.7 Å². The van der Waals surface area contributed by atoms with Crippen LogP contribution in [0.15, 0.2) is 30.6 Å². The molecule has 1 saturated heterocycles. The summed E-state index contributed by atoms with van der Waals surface area (Å²) in [6.45, 7) is 6.97. The Balaban J connectivity index is 1.74. The van der Waals surface area contributed by atoms with Crippen molar-refractivity contribution in [2.75, 3.05) is 36.5 Å². The topological polar surface area (TPSA) is 67.4 Å².